The lowest BCUT2D eigenvalue weighted by molar-refractivity contribution is 0.0600. The molecule has 0 heterocycles. The maximum absolute atomic E-state index is 12.7. The van der Waals surface area contributed by atoms with Gasteiger partial charge in [-0.05, 0) is 61.1 Å². The molecule has 0 aromatic heterocycles. The maximum Gasteiger partial charge on any atom is 0.337 e. The van der Waals surface area contributed by atoms with Crippen LogP contribution in [0.1, 0.15) is 34.3 Å². The van der Waals surface area contributed by atoms with E-state index in [1.807, 2.05) is 12.1 Å². The summed E-state index contributed by atoms with van der Waals surface area (Å²) in [5.74, 6) is -0.566. The van der Waals surface area contributed by atoms with Gasteiger partial charge < -0.3 is 4.74 Å². The molecular weight excluding hydrogens is 326 g/mol. The summed E-state index contributed by atoms with van der Waals surface area (Å²) in [5, 5.41) is 0. The fourth-order valence-corrected chi connectivity index (χ4v) is 4.13. The van der Waals surface area contributed by atoms with E-state index in [-0.39, 0.29) is 10.5 Å². The topological polar surface area (TPSA) is 72.5 Å². The molecule has 1 N–H and O–H groups in total. The first-order valence-corrected chi connectivity index (χ1v) is 9.31. The van der Waals surface area contributed by atoms with Crippen molar-refractivity contribution in [3.05, 3.63) is 59.2 Å². The summed E-state index contributed by atoms with van der Waals surface area (Å²) in [6.45, 7) is 0. The van der Waals surface area contributed by atoms with Crippen molar-refractivity contribution in [1.29, 1.82) is 0 Å². The number of nitrogens with one attached hydrogen (secondary N) is 1. The number of carbonyl (C=O) groups is 1. The van der Waals surface area contributed by atoms with Crippen LogP contribution in [-0.2, 0) is 27.6 Å². The first-order chi connectivity index (χ1) is 11.5. The van der Waals surface area contributed by atoms with Gasteiger partial charge in [0.25, 0.3) is 10.0 Å². The predicted molar refractivity (Wildman–Crippen MR) is 91.7 cm³/mol. The molecule has 24 heavy (non-hydrogen) atoms. The highest BCUT2D eigenvalue weighted by atomic mass is 32.2. The van der Waals surface area contributed by atoms with Crippen molar-refractivity contribution in [3.8, 4) is 0 Å². The van der Waals surface area contributed by atoms with E-state index in [2.05, 4.69) is 9.46 Å². The van der Waals surface area contributed by atoms with Gasteiger partial charge in [-0.15, -0.1) is 0 Å². The number of benzene rings is 2. The normalized spacial score (nSPS) is 13.9. The first kappa shape index (κ1) is 16.5. The molecule has 0 unspecified atom stereocenters. The minimum atomic E-state index is -3.77. The van der Waals surface area contributed by atoms with Gasteiger partial charge in [-0.1, -0.05) is 18.2 Å². The molecule has 6 heteroatoms. The summed E-state index contributed by atoms with van der Waals surface area (Å²) < 4.78 is 32.7. The molecule has 0 atom stereocenters. The number of hydrogen-bond acceptors (Lipinski definition) is 4. The maximum atomic E-state index is 12.7. The van der Waals surface area contributed by atoms with Crippen molar-refractivity contribution in [2.45, 2.75) is 30.6 Å². The Hall–Kier alpha value is -2.34. The zero-order chi connectivity index (χ0) is 17.2. The van der Waals surface area contributed by atoms with Crippen molar-refractivity contribution < 1.29 is 17.9 Å². The number of anilines is 1. The van der Waals surface area contributed by atoms with Crippen molar-refractivity contribution in [2.24, 2.45) is 0 Å². The van der Waals surface area contributed by atoms with Crippen LogP contribution in [0.15, 0.2) is 47.4 Å². The quantitative estimate of drug-likeness (QED) is 0.864. The van der Waals surface area contributed by atoms with Crippen LogP contribution in [0.25, 0.3) is 0 Å². The van der Waals surface area contributed by atoms with E-state index in [0.717, 1.165) is 31.2 Å². The zero-order valence-corrected chi connectivity index (χ0v) is 14.2. The van der Waals surface area contributed by atoms with Crippen LogP contribution in [-0.4, -0.2) is 21.5 Å². The molecule has 1 aliphatic rings. The van der Waals surface area contributed by atoms with Crippen LogP contribution < -0.4 is 4.72 Å². The summed E-state index contributed by atoms with van der Waals surface area (Å²) in [6.07, 6.45) is 4.03. The summed E-state index contributed by atoms with van der Waals surface area (Å²) in [7, 11) is -2.51. The van der Waals surface area contributed by atoms with Crippen LogP contribution in [0.2, 0.25) is 0 Å². The minimum absolute atomic E-state index is 0.0406. The van der Waals surface area contributed by atoms with Gasteiger partial charge in [-0.2, -0.15) is 0 Å². The number of esters is 1. The van der Waals surface area contributed by atoms with Gasteiger partial charge in [0.15, 0.2) is 0 Å². The van der Waals surface area contributed by atoms with Gasteiger partial charge in [0.05, 0.1) is 23.3 Å². The smallest absolute Gasteiger partial charge is 0.337 e. The Labute approximate surface area is 141 Å². The van der Waals surface area contributed by atoms with Crippen molar-refractivity contribution >= 4 is 21.7 Å². The lowest BCUT2D eigenvalue weighted by Crippen LogP contribution is -2.16. The molecule has 0 aliphatic heterocycles. The zero-order valence-electron chi connectivity index (χ0n) is 13.4. The number of methoxy groups -OCH3 is 1. The van der Waals surface area contributed by atoms with E-state index in [9.17, 15) is 13.2 Å². The van der Waals surface area contributed by atoms with Crippen molar-refractivity contribution in [2.75, 3.05) is 11.8 Å². The Bertz CT molecular complexity index is 874. The lowest BCUT2D eigenvalue weighted by Gasteiger charge is -2.20. The van der Waals surface area contributed by atoms with E-state index in [1.165, 1.54) is 36.9 Å². The van der Waals surface area contributed by atoms with Crippen LogP contribution in [0.3, 0.4) is 0 Å². The first-order valence-electron chi connectivity index (χ1n) is 7.83. The van der Waals surface area contributed by atoms with E-state index in [1.54, 1.807) is 6.07 Å². The monoisotopic (exact) mass is 345 g/mol. The highest BCUT2D eigenvalue weighted by Gasteiger charge is 2.20. The summed E-state index contributed by atoms with van der Waals surface area (Å²) in [5.41, 5.74) is 3.09. The molecular formula is C18H19NO4S. The molecule has 0 spiro atoms. The molecule has 0 saturated heterocycles. The van der Waals surface area contributed by atoms with E-state index in [0.29, 0.717) is 5.69 Å². The number of carbonyl (C=O) groups excluding carboxylic acids is 1. The number of ether oxygens (including phenoxy) is 1. The van der Waals surface area contributed by atoms with Crippen molar-refractivity contribution in [1.82, 2.24) is 0 Å². The average Bonchev–Trinajstić information content (AvgIpc) is 2.61. The van der Waals surface area contributed by atoms with E-state index >= 15 is 0 Å². The average molecular weight is 345 g/mol. The molecule has 3 rings (SSSR count). The number of sulfonamides is 1. The summed E-state index contributed by atoms with van der Waals surface area (Å²) in [4.78, 5) is 11.6. The third-order valence-corrected chi connectivity index (χ3v) is 5.57. The molecule has 5 nitrogen and oxygen atoms in total. The number of aryl methyl sites for hydroxylation is 1. The standard InChI is InChI=1S/C18H19NO4S/c1-23-18(20)14-8-4-9-15(12-14)24(21,22)19-17-11-5-7-13-6-2-3-10-16(13)17/h4-5,7-9,11-12,19H,2-3,6,10H2,1H3. The third kappa shape index (κ3) is 3.28. The molecule has 2 aromatic carbocycles. The molecule has 0 amide bonds. The summed E-state index contributed by atoms with van der Waals surface area (Å²) >= 11 is 0. The highest BCUT2D eigenvalue weighted by molar-refractivity contribution is 7.92. The molecule has 1 aliphatic carbocycles. The minimum Gasteiger partial charge on any atom is -0.465 e. The van der Waals surface area contributed by atoms with Crippen LogP contribution in [0.5, 0.6) is 0 Å². The Kier molecular flexibility index (Phi) is 4.57. The Morgan fingerprint density at radius 3 is 2.62 bits per heavy atom. The molecule has 0 radical (unpaired) electrons. The second-order valence-corrected chi connectivity index (χ2v) is 7.46. The molecule has 2 aromatic rings. The van der Waals surface area contributed by atoms with E-state index < -0.39 is 16.0 Å². The van der Waals surface area contributed by atoms with Gasteiger partial charge in [0.1, 0.15) is 0 Å². The summed E-state index contributed by atoms with van der Waals surface area (Å²) in [6, 6.07) is 11.5. The van der Waals surface area contributed by atoms with Crippen LogP contribution in [0, 0.1) is 0 Å². The Morgan fingerprint density at radius 2 is 1.83 bits per heavy atom. The van der Waals surface area contributed by atoms with E-state index in [4.69, 9.17) is 0 Å². The van der Waals surface area contributed by atoms with Crippen molar-refractivity contribution in [3.63, 3.8) is 0 Å². The Morgan fingerprint density at radius 1 is 1.08 bits per heavy atom. The molecule has 0 saturated carbocycles. The van der Waals surface area contributed by atoms with Gasteiger partial charge in [0.2, 0.25) is 0 Å². The number of fused-ring (bicyclic) bond motifs is 1. The SMILES string of the molecule is COC(=O)c1cccc(S(=O)(=O)Nc2cccc3c2CCCC3)c1. The largest absolute Gasteiger partial charge is 0.465 e. The molecule has 0 bridgehead atoms. The third-order valence-electron chi connectivity index (χ3n) is 4.21. The lowest BCUT2D eigenvalue weighted by atomic mass is 9.91. The van der Waals surface area contributed by atoms with Gasteiger partial charge in [-0.25, -0.2) is 13.2 Å². The fraction of sp³-hybridized carbons (Fsp3) is 0.278. The predicted octanol–water partition coefficient (Wildman–Crippen LogP) is 3.15. The second kappa shape index (κ2) is 6.65. The fourth-order valence-electron chi connectivity index (χ4n) is 2.99. The van der Waals surface area contributed by atoms with Gasteiger partial charge >= 0.3 is 5.97 Å². The van der Waals surface area contributed by atoms with Gasteiger partial charge in [0, 0.05) is 0 Å². The second-order valence-electron chi connectivity index (χ2n) is 5.78. The number of hydrogen-bond donors (Lipinski definition) is 1. The number of rotatable bonds is 4. The molecule has 126 valence electrons. The van der Waals surface area contributed by atoms with Crippen LogP contribution in [0.4, 0.5) is 5.69 Å². The van der Waals surface area contributed by atoms with Crippen LogP contribution >= 0.6 is 0 Å². The molecule has 0 fully saturated rings. The Balaban J connectivity index is 1.94. The van der Waals surface area contributed by atoms with Gasteiger partial charge in [-0.3, -0.25) is 4.72 Å². The highest BCUT2D eigenvalue weighted by Crippen LogP contribution is 2.29.